The maximum absolute atomic E-state index is 11.3. The van der Waals surface area contributed by atoms with Crippen molar-refractivity contribution in [2.24, 2.45) is 0 Å². The number of hydrogen-bond donors (Lipinski definition) is 3. The standard InChI is InChI=1S/C24H23N5O4/c1-24(2,13-30)22-19-20(26-27-22)23(31)29(21(19)15-6-4-5-7-17(15)32-3)18-9-8-14(12-25-18)16-10-11-33-28-16/h4-12,26,30-31H,13H2,1-3H3. The highest BCUT2D eigenvalue weighted by molar-refractivity contribution is 6.02. The first kappa shape index (κ1) is 20.8. The van der Waals surface area contributed by atoms with Crippen LogP contribution in [-0.4, -0.2) is 48.8 Å². The van der Waals surface area contributed by atoms with Crippen LogP contribution in [0.15, 0.2) is 59.4 Å². The van der Waals surface area contributed by atoms with Crippen LogP contribution in [0, 0.1) is 0 Å². The lowest BCUT2D eigenvalue weighted by Crippen LogP contribution is -2.23. The Morgan fingerprint density at radius 3 is 2.64 bits per heavy atom. The molecule has 0 amide bonds. The van der Waals surface area contributed by atoms with Gasteiger partial charge in [-0.15, -0.1) is 0 Å². The first-order chi connectivity index (χ1) is 16.0. The van der Waals surface area contributed by atoms with E-state index < -0.39 is 5.41 Å². The van der Waals surface area contributed by atoms with Crippen molar-refractivity contribution in [1.29, 1.82) is 0 Å². The fourth-order valence-corrected chi connectivity index (χ4v) is 3.98. The quantitative estimate of drug-likeness (QED) is 0.360. The second kappa shape index (κ2) is 7.79. The maximum atomic E-state index is 11.3. The van der Waals surface area contributed by atoms with Crippen LogP contribution in [0.1, 0.15) is 19.5 Å². The average molecular weight is 445 g/mol. The molecule has 0 radical (unpaired) electrons. The molecule has 0 unspecified atom stereocenters. The van der Waals surface area contributed by atoms with Crippen LogP contribution in [0.25, 0.3) is 39.2 Å². The summed E-state index contributed by atoms with van der Waals surface area (Å²) in [4.78, 5) is 4.59. The van der Waals surface area contributed by atoms with Crippen molar-refractivity contribution in [3.05, 3.63) is 60.6 Å². The van der Waals surface area contributed by atoms with E-state index in [4.69, 9.17) is 9.26 Å². The predicted molar refractivity (Wildman–Crippen MR) is 122 cm³/mol. The number of hydrogen-bond acceptors (Lipinski definition) is 7. The fourth-order valence-electron chi connectivity index (χ4n) is 3.98. The van der Waals surface area contributed by atoms with Crippen molar-refractivity contribution in [3.8, 4) is 40.0 Å². The van der Waals surface area contributed by atoms with E-state index in [1.54, 1.807) is 30.0 Å². The summed E-state index contributed by atoms with van der Waals surface area (Å²) in [5, 5.41) is 33.3. The number of methoxy groups -OCH3 is 1. The highest BCUT2D eigenvalue weighted by atomic mass is 16.5. The lowest BCUT2D eigenvalue weighted by Gasteiger charge is -2.20. The summed E-state index contributed by atoms with van der Waals surface area (Å²) in [5.74, 6) is 1.09. The molecule has 0 aliphatic heterocycles. The van der Waals surface area contributed by atoms with Gasteiger partial charge in [0, 0.05) is 28.8 Å². The van der Waals surface area contributed by atoms with Gasteiger partial charge in [-0.25, -0.2) is 4.98 Å². The Kier molecular flexibility index (Phi) is 4.90. The Balaban J connectivity index is 1.81. The molecular weight excluding hydrogens is 422 g/mol. The number of ether oxygens (including phenoxy) is 1. The van der Waals surface area contributed by atoms with E-state index in [0.29, 0.717) is 39.6 Å². The topological polar surface area (TPSA) is 122 Å². The molecule has 3 N–H and O–H groups in total. The van der Waals surface area contributed by atoms with Gasteiger partial charge in [0.15, 0.2) is 0 Å². The minimum atomic E-state index is -0.655. The number of aliphatic hydroxyl groups is 1. The fraction of sp³-hybridized carbons (Fsp3) is 0.208. The number of rotatable bonds is 6. The molecule has 9 heteroatoms. The van der Waals surface area contributed by atoms with Crippen molar-refractivity contribution in [3.63, 3.8) is 0 Å². The van der Waals surface area contributed by atoms with Crippen LogP contribution in [0.3, 0.4) is 0 Å². The number of nitrogens with zero attached hydrogens (tertiary/aromatic N) is 4. The number of aromatic nitrogens is 5. The van der Waals surface area contributed by atoms with Crippen molar-refractivity contribution < 1.29 is 19.5 Å². The first-order valence-electron chi connectivity index (χ1n) is 10.4. The summed E-state index contributed by atoms with van der Waals surface area (Å²) in [5.41, 5.74) is 3.30. The van der Waals surface area contributed by atoms with E-state index in [1.807, 2.05) is 44.2 Å². The van der Waals surface area contributed by atoms with Crippen LogP contribution in [0.5, 0.6) is 11.6 Å². The molecule has 0 atom stereocenters. The lowest BCUT2D eigenvalue weighted by atomic mass is 9.87. The molecule has 168 valence electrons. The lowest BCUT2D eigenvalue weighted by molar-refractivity contribution is 0.216. The number of aromatic amines is 1. The smallest absolute Gasteiger partial charge is 0.224 e. The van der Waals surface area contributed by atoms with Crippen molar-refractivity contribution >= 4 is 10.9 Å². The van der Waals surface area contributed by atoms with Gasteiger partial charge in [-0.3, -0.25) is 9.67 Å². The van der Waals surface area contributed by atoms with Crippen molar-refractivity contribution in [2.45, 2.75) is 19.3 Å². The second-order valence-electron chi connectivity index (χ2n) is 8.36. The molecule has 0 saturated heterocycles. The number of aromatic hydroxyl groups is 1. The summed E-state index contributed by atoms with van der Waals surface area (Å²) in [7, 11) is 1.60. The zero-order chi connectivity index (χ0) is 23.2. The number of benzene rings is 1. The number of fused-ring (bicyclic) bond motifs is 1. The second-order valence-corrected chi connectivity index (χ2v) is 8.36. The Morgan fingerprint density at radius 2 is 1.97 bits per heavy atom. The van der Waals surface area contributed by atoms with E-state index in [-0.39, 0.29) is 12.5 Å². The van der Waals surface area contributed by atoms with Gasteiger partial charge in [-0.05, 0) is 24.3 Å². The van der Waals surface area contributed by atoms with E-state index >= 15 is 0 Å². The number of nitrogens with one attached hydrogen (secondary N) is 1. The third kappa shape index (κ3) is 3.25. The highest BCUT2D eigenvalue weighted by Gasteiger charge is 2.32. The molecule has 5 rings (SSSR count). The summed E-state index contributed by atoms with van der Waals surface area (Å²) in [6.45, 7) is 3.68. The van der Waals surface area contributed by atoms with Gasteiger partial charge in [0.1, 0.15) is 29.0 Å². The van der Waals surface area contributed by atoms with Crippen LogP contribution in [0.2, 0.25) is 0 Å². The Hall–Kier alpha value is -4.11. The predicted octanol–water partition coefficient (Wildman–Crippen LogP) is 4.05. The van der Waals surface area contributed by atoms with Gasteiger partial charge in [-0.1, -0.05) is 31.1 Å². The van der Waals surface area contributed by atoms with Gasteiger partial charge in [0.25, 0.3) is 0 Å². The number of para-hydroxylation sites is 1. The molecule has 1 aromatic carbocycles. The van der Waals surface area contributed by atoms with E-state index in [9.17, 15) is 10.2 Å². The van der Waals surface area contributed by atoms with Crippen LogP contribution in [-0.2, 0) is 5.41 Å². The summed E-state index contributed by atoms with van der Waals surface area (Å²) < 4.78 is 12.2. The molecule has 0 bridgehead atoms. The number of H-pyrrole nitrogens is 1. The third-order valence-electron chi connectivity index (χ3n) is 5.77. The van der Waals surface area contributed by atoms with Crippen molar-refractivity contribution in [1.82, 2.24) is 24.9 Å². The number of aliphatic hydroxyl groups excluding tert-OH is 1. The Morgan fingerprint density at radius 1 is 1.15 bits per heavy atom. The van der Waals surface area contributed by atoms with Crippen LogP contribution >= 0.6 is 0 Å². The molecule has 0 aliphatic rings. The minimum Gasteiger partial charge on any atom is -0.496 e. The third-order valence-corrected chi connectivity index (χ3v) is 5.77. The highest BCUT2D eigenvalue weighted by Crippen LogP contribution is 2.45. The maximum Gasteiger partial charge on any atom is 0.224 e. The van der Waals surface area contributed by atoms with Gasteiger partial charge in [0.2, 0.25) is 5.88 Å². The van der Waals surface area contributed by atoms with Gasteiger partial charge in [-0.2, -0.15) is 5.10 Å². The normalized spacial score (nSPS) is 11.9. The van der Waals surface area contributed by atoms with Gasteiger partial charge >= 0.3 is 0 Å². The van der Waals surface area contributed by atoms with Crippen LogP contribution < -0.4 is 4.74 Å². The summed E-state index contributed by atoms with van der Waals surface area (Å²) >= 11 is 0. The zero-order valence-corrected chi connectivity index (χ0v) is 18.4. The molecule has 4 heterocycles. The monoisotopic (exact) mass is 445 g/mol. The van der Waals surface area contributed by atoms with Crippen LogP contribution in [0.4, 0.5) is 0 Å². The van der Waals surface area contributed by atoms with Gasteiger partial charge < -0.3 is 19.5 Å². The Labute approximate surface area is 189 Å². The molecular formula is C24H23N5O4. The molecule has 33 heavy (non-hydrogen) atoms. The molecule has 5 aromatic rings. The molecule has 9 nitrogen and oxygen atoms in total. The minimum absolute atomic E-state index is 0.0416. The molecule has 0 spiro atoms. The van der Waals surface area contributed by atoms with E-state index in [2.05, 4.69) is 20.3 Å². The average Bonchev–Trinajstić information content (AvgIpc) is 3.57. The van der Waals surface area contributed by atoms with E-state index in [1.165, 1.54) is 6.26 Å². The molecule has 0 fully saturated rings. The van der Waals surface area contributed by atoms with Crippen molar-refractivity contribution in [2.75, 3.05) is 13.7 Å². The molecule has 0 aliphatic carbocycles. The Bertz CT molecular complexity index is 1420. The first-order valence-corrected chi connectivity index (χ1v) is 10.4. The molecule has 0 saturated carbocycles. The summed E-state index contributed by atoms with van der Waals surface area (Å²) in [6, 6.07) is 13.0. The zero-order valence-electron chi connectivity index (χ0n) is 18.4. The van der Waals surface area contributed by atoms with Gasteiger partial charge in [0.05, 0.1) is 30.5 Å². The largest absolute Gasteiger partial charge is 0.496 e. The van der Waals surface area contributed by atoms with E-state index in [0.717, 1.165) is 11.1 Å². The SMILES string of the molecule is COc1ccccc1-c1c2c(C(C)(C)CO)n[nH]c2c(O)n1-c1ccc(-c2ccon2)cn1. The number of pyridine rings is 1. The molecule has 4 aromatic heterocycles. The summed E-state index contributed by atoms with van der Waals surface area (Å²) in [6.07, 6.45) is 3.17.